The number of Topliss-reactive ketones (excluding diaryl/α,β-unsaturated/α-hetero) is 1. The van der Waals surface area contributed by atoms with Crippen molar-refractivity contribution in [3.05, 3.63) is 16.6 Å². The van der Waals surface area contributed by atoms with Crippen LogP contribution in [0.25, 0.3) is 0 Å². The number of nitrogens with two attached hydrogens (primary N) is 1. The number of hydrogen-bond donors (Lipinski definition) is 2. The molecule has 1 aliphatic heterocycles. The van der Waals surface area contributed by atoms with Crippen molar-refractivity contribution < 1.29 is 23.9 Å². The molecule has 2 heterocycles. The number of methoxy groups -OCH3 is 1. The van der Waals surface area contributed by atoms with Gasteiger partial charge in [0, 0.05) is 37.6 Å². The Kier molecular flexibility index (Phi) is 10.4. The second kappa shape index (κ2) is 13.0. The molecule has 0 spiro atoms. The number of piperazine rings is 1. The van der Waals surface area contributed by atoms with Crippen molar-refractivity contribution >= 4 is 40.7 Å². The summed E-state index contributed by atoms with van der Waals surface area (Å²) in [4.78, 5) is 61.5. The number of amides is 2. The van der Waals surface area contributed by atoms with E-state index in [1.54, 1.807) is 12.3 Å². The Hall–Kier alpha value is -2.86. The Morgan fingerprint density at radius 1 is 1.39 bits per heavy atom. The Labute approximate surface area is 197 Å². The number of carbonyl (C=O) groups is 4. The molecule has 0 aliphatic carbocycles. The maximum atomic E-state index is 12.9. The number of nitrogens with zero attached hydrogens (tertiary/aromatic N) is 4. The molecule has 0 bridgehead atoms. The van der Waals surface area contributed by atoms with Crippen LogP contribution in [0.2, 0.25) is 0 Å². The van der Waals surface area contributed by atoms with Gasteiger partial charge in [0.1, 0.15) is 0 Å². The fourth-order valence-corrected chi connectivity index (χ4v) is 4.16. The van der Waals surface area contributed by atoms with Crippen molar-refractivity contribution in [2.75, 3.05) is 40.3 Å². The number of thiazole rings is 1. The fraction of sp³-hybridized carbons (Fsp3) is 0.619. The van der Waals surface area contributed by atoms with Crippen LogP contribution >= 0.6 is 11.3 Å². The van der Waals surface area contributed by atoms with Crippen LogP contribution in [0.1, 0.15) is 42.4 Å². The monoisotopic (exact) mass is 480 g/mol. The number of amidine groups is 1. The van der Waals surface area contributed by atoms with E-state index in [-0.39, 0.29) is 30.6 Å². The average molecular weight is 481 g/mol. The highest BCUT2D eigenvalue weighted by Gasteiger charge is 2.34. The van der Waals surface area contributed by atoms with Gasteiger partial charge >= 0.3 is 5.97 Å². The van der Waals surface area contributed by atoms with Gasteiger partial charge in [-0.25, -0.2) is 4.98 Å². The largest absolute Gasteiger partial charge is 0.469 e. The van der Waals surface area contributed by atoms with E-state index in [1.807, 2.05) is 11.9 Å². The number of ether oxygens (including phenoxy) is 1. The van der Waals surface area contributed by atoms with Crippen LogP contribution in [0.3, 0.4) is 0 Å². The van der Waals surface area contributed by atoms with Gasteiger partial charge in [-0.15, -0.1) is 11.3 Å². The van der Waals surface area contributed by atoms with Gasteiger partial charge in [-0.1, -0.05) is 0 Å². The van der Waals surface area contributed by atoms with Gasteiger partial charge in [0.2, 0.25) is 17.6 Å². The standard InChI is InChI=1S/C21H32N6O5S/c1-14(22)23-8-4-5-15(19(30)20-24-9-12-33-20)25-17(28)13-27-11-10-26(2)16(21(27)31)6-7-18(29)32-3/h9,12,15-16H,4-8,10-11,13H2,1-3H3,(H2,22,23)(H,25,28)/t15-,16+/m0/s1. The molecule has 1 saturated heterocycles. The third-order valence-electron chi connectivity index (χ3n) is 5.34. The maximum absolute atomic E-state index is 12.9. The summed E-state index contributed by atoms with van der Waals surface area (Å²) in [5.41, 5.74) is 5.55. The number of aromatic nitrogens is 1. The highest BCUT2D eigenvalue weighted by Crippen LogP contribution is 2.15. The first-order valence-electron chi connectivity index (χ1n) is 10.8. The van der Waals surface area contributed by atoms with Crippen LogP contribution in [0, 0.1) is 0 Å². The van der Waals surface area contributed by atoms with E-state index in [2.05, 4.69) is 20.0 Å². The zero-order chi connectivity index (χ0) is 24.4. The Morgan fingerprint density at radius 2 is 2.15 bits per heavy atom. The number of rotatable bonds is 12. The maximum Gasteiger partial charge on any atom is 0.305 e. The summed E-state index contributed by atoms with van der Waals surface area (Å²) in [6, 6.07) is -1.27. The van der Waals surface area contributed by atoms with Crippen LogP contribution in [-0.4, -0.2) is 96.6 Å². The summed E-state index contributed by atoms with van der Waals surface area (Å²) < 4.78 is 4.66. The zero-order valence-electron chi connectivity index (χ0n) is 19.3. The SMILES string of the molecule is COC(=O)CC[C@@H]1C(=O)N(CC(=O)N[C@@H](CCCN=C(C)N)C(=O)c2nccs2)CCN1C. The van der Waals surface area contributed by atoms with E-state index in [1.165, 1.54) is 29.5 Å². The molecule has 2 amide bonds. The van der Waals surface area contributed by atoms with Gasteiger partial charge in [0.15, 0.2) is 5.01 Å². The third-order valence-corrected chi connectivity index (χ3v) is 6.13. The quantitative estimate of drug-likeness (QED) is 0.140. The summed E-state index contributed by atoms with van der Waals surface area (Å²) in [5, 5.41) is 4.78. The number of carbonyl (C=O) groups excluding carboxylic acids is 4. The third kappa shape index (κ3) is 8.21. The molecule has 0 saturated carbocycles. The number of aliphatic imine (C=N–C) groups is 1. The highest BCUT2D eigenvalue weighted by molar-refractivity contribution is 7.11. The normalized spacial score (nSPS) is 18.2. The van der Waals surface area contributed by atoms with Gasteiger partial charge in [-0.3, -0.25) is 29.1 Å². The molecule has 182 valence electrons. The molecule has 33 heavy (non-hydrogen) atoms. The summed E-state index contributed by atoms with van der Waals surface area (Å²) in [7, 11) is 3.11. The summed E-state index contributed by atoms with van der Waals surface area (Å²) >= 11 is 1.21. The predicted octanol–water partition coefficient (Wildman–Crippen LogP) is 0.0637. The van der Waals surface area contributed by atoms with Crippen molar-refractivity contribution in [3.63, 3.8) is 0 Å². The fourth-order valence-electron chi connectivity index (χ4n) is 3.53. The van der Waals surface area contributed by atoms with E-state index < -0.39 is 18.0 Å². The predicted molar refractivity (Wildman–Crippen MR) is 124 cm³/mol. The van der Waals surface area contributed by atoms with E-state index in [4.69, 9.17) is 5.73 Å². The molecule has 1 aliphatic rings. The molecule has 0 unspecified atom stereocenters. The van der Waals surface area contributed by atoms with Crippen molar-refractivity contribution in [3.8, 4) is 0 Å². The average Bonchev–Trinajstić information content (AvgIpc) is 3.31. The minimum Gasteiger partial charge on any atom is -0.469 e. The minimum absolute atomic E-state index is 0.117. The second-order valence-electron chi connectivity index (χ2n) is 7.86. The molecule has 3 N–H and O–H groups in total. The zero-order valence-corrected chi connectivity index (χ0v) is 20.1. The second-order valence-corrected chi connectivity index (χ2v) is 8.75. The lowest BCUT2D eigenvalue weighted by Crippen LogP contribution is -2.58. The molecule has 1 fully saturated rings. The van der Waals surface area contributed by atoms with Gasteiger partial charge in [-0.05, 0) is 33.2 Å². The van der Waals surface area contributed by atoms with Gasteiger partial charge in [-0.2, -0.15) is 0 Å². The van der Waals surface area contributed by atoms with Crippen LogP contribution in [-0.2, 0) is 19.1 Å². The molecule has 0 radical (unpaired) electrons. The molecule has 2 rings (SSSR count). The smallest absolute Gasteiger partial charge is 0.305 e. The molecule has 12 heteroatoms. The van der Waals surface area contributed by atoms with Crippen molar-refractivity contribution in [2.24, 2.45) is 10.7 Å². The molecular formula is C21H32N6O5S. The minimum atomic E-state index is -0.769. The molecule has 1 aromatic heterocycles. The number of nitrogens with one attached hydrogen (secondary N) is 1. The Morgan fingerprint density at radius 3 is 2.79 bits per heavy atom. The number of ketones is 1. The van der Waals surface area contributed by atoms with Gasteiger partial charge in [0.25, 0.3) is 0 Å². The number of hydrogen-bond acceptors (Lipinski definition) is 9. The lowest BCUT2D eigenvalue weighted by atomic mass is 10.1. The van der Waals surface area contributed by atoms with Crippen molar-refractivity contribution in [2.45, 2.75) is 44.7 Å². The van der Waals surface area contributed by atoms with E-state index in [0.29, 0.717) is 49.7 Å². The van der Waals surface area contributed by atoms with E-state index in [9.17, 15) is 19.2 Å². The number of esters is 1. The molecule has 1 aromatic rings. The first-order chi connectivity index (χ1) is 15.7. The van der Waals surface area contributed by atoms with Gasteiger partial charge < -0.3 is 20.7 Å². The van der Waals surface area contributed by atoms with Gasteiger partial charge in [0.05, 0.1) is 31.6 Å². The van der Waals surface area contributed by atoms with E-state index >= 15 is 0 Å². The molecule has 2 atom stereocenters. The van der Waals surface area contributed by atoms with Crippen LogP contribution in [0.15, 0.2) is 16.6 Å². The first kappa shape index (κ1) is 26.4. The lowest BCUT2D eigenvalue weighted by Gasteiger charge is -2.38. The Balaban J connectivity index is 1.99. The van der Waals surface area contributed by atoms with Crippen LogP contribution in [0.5, 0.6) is 0 Å². The summed E-state index contributed by atoms with van der Waals surface area (Å²) in [6.45, 7) is 2.92. The van der Waals surface area contributed by atoms with Crippen molar-refractivity contribution in [1.82, 2.24) is 20.1 Å². The first-order valence-corrected chi connectivity index (χ1v) is 11.7. The molecular weight excluding hydrogens is 448 g/mol. The Bertz CT molecular complexity index is 855. The topological polar surface area (TPSA) is 147 Å². The number of likely N-dealkylation sites (N-methyl/N-ethyl adjacent to an activating group) is 1. The summed E-state index contributed by atoms with van der Waals surface area (Å²) in [5.74, 6) is -0.847. The highest BCUT2D eigenvalue weighted by atomic mass is 32.1. The van der Waals surface area contributed by atoms with Crippen molar-refractivity contribution in [1.29, 1.82) is 0 Å². The van der Waals surface area contributed by atoms with Crippen LogP contribution in [0.4, 0.5) is 0 Å². The van der Waals surface area contributed by atoms with Crippen LogP contribution < -0.4 is 11.1 Å². The molecule has 0 aromatic carbocycles. The molecule has 11 nitrogen and oxygen atoms in total. The van der Waals surface area contributed by atoms with E-state index in [0.717, 1.165) is 0 Å². The summed E-state index contributed by atoms with van der Waals surface area (Å²) in [6.07, 6.45) is 2.90. The lowest BCUT2D eigenvalue weighted by molar-refractivity contribution is -0.146.